The molecule has 0 radical (unpaired) electrons. The van der Waals surface area contributed by atoms with Crippen LogP contribution >= 0.6 is 15.9 Å². The molecular formula is C28H25BrN2O4S. The number of nitrogens with one attached hydrogen (secondary N) is 1. The van der Waals surface area contributed by atoms with E-state index in [1.54, 1.807) is 29.2 Å². The van der Waals surface area contributed by atoms with Crippen LogP contribution in [0.4, 0.5) is 5.69 Å². The number of carbonyl (C=O) groups excluding carboxylic acids is 1. The molecule has 0 aliphatic carbocycles. The zero-order valence-corrected chi connectivity index (χ0v) is 21.8. The molecule has 1 amide bonds. The maximum absolute atomic E-state index is 13.3. The average Bonchev–Trinajstić information content (AvgIpc) is 2.90. The minimum Gasteiger partial charge on any atom is -0.457 e. The van der Waals surface area contributed by atoms with Gasteiger partial charge in [-0.25, -0.2) is 13.1 Å². The van der Waals surface area contributed by atoms with E-state index in [9.17, 15) is 13.2 Å². The predicted molar refractivity (Wildman–Crippen MR) is 145 cm³/mol. The summed E-state index contributed by atoms with van der Waals surface area (Å²) in [5, 5.41) is 0. The topological polar surface area (TPSA) is 75.7 Å². The molecule has 0 bridgehead atoms. The number of rotatable bonds is 10. The first kappa shape index (κ1) is 25.6. The Morgan fingerprint density at radius 1 is 0.778 bits per heavy atom. The summed E-state index contributed by atoms with van der Waals surface area (Å²) >= 11 is 3.31. The first-order valence-corrected chi connectivity index (χ1v) is 13.7. The second kappa shape index (κ2) is 12.0. The molecule has 0 aliphatic rings. The molecule has 184 valence electrons. The van der Waals surface area contributed by atoms with Crippen LogP contribution in [0.1, 0.15) is 16.8 Å². The molecule has 0 fully saturated rings. The SMILES string of the molecule is O=C(c1ccccc1)N(CCCNS(=O)(=O)c1ccc(Br)cc1)c1ccc(Oc2ccccc2)cc1. The lowest BCUT2D eigenvalue weighted by Gasteiger charge is -2.23. The normalized spacial score (nSPS) is 11.1. The van der Waals surface area contributed by atoms with Gasteiger partial charge in [0.25, 0.3) is 5.91 Å². The van der Waals surface area contributed by atoms with Crippen LogP contribution in [0.3, 0.4) is 0 Å². The number of para-hydroxylation sites is 1. The highest BCUT2D eigenvalue weighted by molar-refractivity contribution is 9.10. The van der Waals surface area contributed by atoms with Gasteiger partial charge in [0.05, 0.1) is 4.90 Å². The number of carbonyl (C=O) groups is 1. The fourth-order valence-electron chi connectivity index (χ4n) is 3.54. The highest BCUT2D eigenvalue weighted by Gasteiger charge is 2.19. The van der Waals surface area contributed by atoms with E-state index >= 15 is 0 Å². The molecule has 4 aromatic carbocycles. The van der Waals surface area contributed by atoms with Crippen LogP contribution < -0.4 is 14.4 Å². The Bertz CT molecular complexity index is 1380. The second-order valence-electron chi connectivity index (χ2n) is 7.94. The van der Waals surface area contributed by atoms with E-state index in [4.69, 9.17) is 4.74 Å². The molecule has 0 spiro atoms. The second-order valence-corrected chi connectivity index (χ2v) is 10.6. The molecule has 0 unspecified atom stereocenters. The van der Waals surface area contributed by atoms with Crippen molar-refractivity contribution < 1.29 is 17.9 Å². The van der Waals surface area contributed by atoms with Crippen LogP contribution in [-0.2, 0) is 10.0 Å². The third-order valence-corrected chi connectivity index (χ3v) is 7.37. The Labute approximate surface area is 219 Å². The fourth-order valence-corrected chi connectivity index (χ4v) is 4.88. The van der Waals surface area contributed by atoms with Crippen molar-refractivity contribution in [2.45, 2.75) is 11.3 Å². The van der Waals surface area contributed by atoms with Crippen molar-refractivity contribution in [2.75, 3.05) is 18.0 Å². The molecular weight excluding hydrogens is 540 g/mol. The average molecular weight is 565 g/mol. The molecule has 4 aromatic rings. The van der Waals surface area contributed by atoms with Crippen molar-refractivity contribution >= 4 is 37.5 Å². The van der Waals surface area contributed by atoms with Crippen LogP contribution in [0.15, 0.2) is 119 Å². The van der Waals surface area contributed by atoms with Gasteiger partial charge in [-0.1, -0.05) is 52.3 Å². The van der Waals surface area contributed by atoms with Gasteiger partial charge in [-0.3, -0.25) is 4.79 Å². The largest absolute Gasteiger partial charge is 0.457 e. The van der Waals surface area contributed by atoms with Crippen molar-refractivity contribution in [1.29, 1.82) is 0 Å². The summed E-state index contributed by atoms with van der Waals surface area (Å²) in [7, 11) is -3.64. The summed E-state index contributed by atoms with van der Waals surface area (Å²) in [4.78, 5) is 15.2. The number of benzene rings is 4. The van der Waals surface area contributed by atoms with Gasteiger partial charge < -0.3 is 9.64 Å². The van der Waals surface area contributed by atoms with Gasteiger partial charge in [0.15, 0.2) is 0 Å². The van der Waals surface area contributed by atoms with Crippen LogP contribution in [0.2, 0.25) is 0 Å². The minimum atomic E-state index is -3.64. The third-order valence-electron chi connectivity index (χ3n) is 5.37. The molecule has 0 atom stereocenters. The van der Waals surface area contributed by atoms with Crippen LogP contribution in [0.25, 0.3) is 0 Å². The van der Waals surface area contributed by atoms with Crippen molar-refractivity contribution in [3.8, 4) is 11.5 Å². The molecule has 0 aliphatic heterocycles. The summed E-state index contributed by atoms with van der Waals surface area (Å²) in [6.45, 7) is 0.516. The monoisotopic (exact) mass is 564 g/mol. The maximum atomic E-state index is 13.3. The van der Waals surface area contributed by atoms with E-state index in [0.717, 1.165) is 10.2 Å². The summed E-state index contributed by atoms with van der Waals surface area (Å²) in [5.74, 6) is 1.21. The molecule has 0 aromatic heterocycles. The van der Waals surface area contributed by atoms with E-state index in [0.29, 0.717) is 30.0 Å². The molecule has 8 heteroatoms. The lowest BCUT2D eigenvalue weighted by molar-refractivity contribution is 0.0986. The van der Waals surface area contributed by atoms with E-state index < -0.39 is 10.0 Å². The summed E-state index contributed by atoms with van der Waals surface area (Å²) in [6.07, 6.45) is 0.427. The molecule has 0 saturated carbocycles. The third kappa shape index (κ3) is 6.81. The van der Waals surface area contributed by atoms with Crippen LogP contribution in [0.5, 0.6) is 11.5 Å². The molecule has 36 heavy (non-hydrogen) atoms. The smallest absolute Gasteiger partial charge is 0.258 e. The summed E-state index contributed by atoms with van der Waals surface area (Å²) in [6, 6.07) is 32.2. The van der Waals surface area contributed by atoms with Gasteiger partial charge in [0.2, 0.25) is 10.0 Å². The lowest BCUT2D eigenvalue weighted by atomic mass is 10.1. The maximum Gasteiger partial charge on any atom is 0.258 e. The Kier molecular flexibility index (Phi) is 8.53. The first-order chi connectivity index (χ1) is 17.4. The van der Waals surface area contributed by atoms with Crippen molar-refractivity contribution in [3.63, 3.8) is 0 Å². The predicted octanol–water partition coefficient (Wildman–Crippen LogP) is 6.26. The molecule has 6 nitrogen and oxygen atoms in total. The number of hydrogen-bond donors (Lipinski definition) is 1. The number of ether oxygens (including phenoxy) is 1. The highest BCUT2D eigenvalue weighted by Crippen LogP contribution is 2.25. The number of amides is 1. The van der Waals surface area contributed by atoms with Gasteiger partial charge in [-0.05, 0) is 79.2 Å². The van der Waals surface area contributed by atoms with Gasteiger partial charge in [0, 0.05) is 28.8 Å². The number of nitrogens with zero attached hydrogens (tertiary/aromatic N) is 1. The Morgan fingerprint density at radius 3 is 2.00 bits per heavy atom. The van der Waals surface area contributed by atoms with Gasteiger partial charge in [-0.2, -0.15) is 0 Å². The fraction of sp³-hybridized carbons (Fsp3) is 0.107. The lowest BCUT2D eigenvalue weighted by Crippen LogP contribution is -2.34. The van der Waals surface area contributed by atoms with Crippen molar-refractivity contribution in [3.05, 3.63) is 119 Å². The van der Waals surface area contributed by atoms with E-state index in [2.05, 4.69) is 20.7 Å². The van der Waals surface area contributed by atoms with E-state index in [1.165, 1.54) is 12.1 Å². The van der Waals surface area contributed by atoms with E-state index in [1.807, 2.05) is 72.8 Å². The van der Waals surface area contributed by atoms with Crippen LogP contribution in [0, 0.1) is 0 Å². The standard InChI is InChI=1S/C28H25BrN2O4S/c29-23-12-18-27(19-13-23)36(33,34)30-20-7-21-31(28(32)22-8-3-1-4-9-22)24-14-16-26(17-15-24)35-25-10-5-2-6-11-25/h1-6,8-19,30H,7,20-21H2. The van der Waals surface area contributed by atoms with Gasteiger partial charge in [0.1, 0.15) is 11.5 Å². The summed E-state index contributed by atoms with van der Waals surface area (Å²) < 4.78 is 34.4. The minimum absolute atomic E-state index is 0.164. The molecule has 4 rings (SSSR count). The van der Waals surface area contributed by atoms with Gasteiger partial charge >= 0.3 is 0 Å². The Balaban J connectivity index is 1.45. The number of anilines is 1. The number of sulfonamides is 1. The van der Waals surface area contributed by atoms with Gasteiger partial charge in [-0.15, -0.1) is 0 Å². The van der Waals surface area contributed by atoms with Crippen molar-refractivity contribution in [2.24, 2.45) is 0 Å². The van der Waals surface area contributed by atoms with Crippen LogP contribution in [-0.4, -0.2) is 27.4 Å². The zero-order valence-electron chi connectivity index (χ0n) is 19.4. The van der Waals surface area contributed by atoms with Crippen molar-refractivity contribution in [1.82, 2.24) is 4.72 Å². The summed E-state index contributed by atoms with van der Waals surface area (Å²) in [5.41, 5.74) is 1.25. The number of halogens is 1. The highest BCUT2D eigenvalue weighted by atomic mass is 79.9. The molecule has 0 saturated heterocycles. The quantitative estimate of drug-likeness (QED) is 0.231. The molecule has 1 N–H and O–H groups in total. The first-order valence-electron chi connectivity index (χ1n) is 11.4. The Hall–Kier alpha value is -3.46. The number of hydrogen-bond acceptors (Lipinski definition) is 4. The Morgan fingerprint density at radius 2 is 1.36 bits per heavy atom. The zero-order chi connectivity index (χ0) is 25.4. The van der Waals surface area contributed by atoms with E-state index in [-0.39, 0.29) is 17.3 Å². The molecule has 0 heterocycles.